The second-order valence-corrected chi connectivity index (χ2v) is 5.82. The molecular weight excluding hydrogens is 262 g/mol. The Hall–Kier alpha value is -1.38. The van der Waals surface area contributed by atoms with Crippen molar-refractivity contribution in [3.8, 4) is 11.5 Å². The number of anilines is 1. The first-order valence-corrected chi connectivity index (χ1v) is 8.45. The largest absolute Gasteiger partial charge is 0.508 e. The van der Waals surface area contributed by atoms with Crippen LogP contribution < -0.4 is 4.90 Å². The van der Waals surface area contributed by atoms with E-state index in [1.807, 2.05) is 0 Å². The third kappa shape index (κ3) is 7.26. The zero-order valence-electron chi connectivity index (χ0n) is 13.6. The van der Waals surface area contributed by atoms with Crippen molar-refractivity contribution in [1.82, 2.24) is 0 Å². The third-order valence-corrected chi connectivity index (χ3v) is 3.82. The van der Waals surface area contributed by atoms with Gasteiger partial charge in [0, 0.05) is 37.0 Å². The quantitative estimate of drug-likeness (QED) is 0.560. The molecule has 0 aliphatic rings. The van der Waals surface area contributed by atoms with Crippen molar-refractivity contribution >= 4 is 5.69 Å². The maximum Gasteiger partial charge on any atom is 0.121 e. The molecule has 0 aromatic heterocycles. The number of benzene rings is 1. The molecule has 1 rings (SSSR count). The zero-order valence-corrected chi connectivity index (χ0v) is 13.6. The normalized spacial score (nSPS) is 10.8. The molecule has 0 atom stereocenters. The van der Waals surface area contributed by atoms with Gasteiger partial charge in [-0.25, -0.2) is 0 Å². The van der Waals surface area contributed by atoms with E-state index < -0.39 is 0 Å². The minimum atomic E-state index is 0.136. The molecule has 1 aromatic rings. The fourth-order valence-electron chi connectivity index (χ4n) is 2.59. The minimum Gasteiger partial charge on any atom is -0.508 e. The minimum absolute atomic E-state index is 0.136. The summed E-state index contributed by atoms with van der Waals surface area (Å²) in [5, 5.41) is 19.4. The molecule has 3 nitrogen and oxygen atoms in total. The molecule has 0 amide bonds. The van der Waals surface area contributed by atoms with Crippen LogP contribution in [0.2, 0.25) is 0 Å². The van der Waals surface area contributed by atoms with Crippen molar-refractivity contribution in [1.29, 1.82) is 0 Å². The van der Waals surface area contributed by atoms with Crippen LogP contribution in [0.25, 0.3) is 0 Å². The van der Waals surface area contributed by atoms with Gasteiger partial charge in [0.2, 0.25) is 0 Å². The summed E-state index contributed by atoms with van der Waals surface area (Å²) >= 11 is 0. The summed E-state index contributed by atoms with van der Waals surface area (Å²) in [5.41, 5.74) is 0.931. The number of nitrogens with zero attached hydrogens (tertiary/aromatic N) is 1. The molecule has 0 radical (unpaired) electrons. The average Bonchev–Trinajstić information content (AvgIpc) is 2.44. The zero-order chi connectivity index (χ0) is 15.5. The van der Waals surface area contributed by atoms with E-state index in [2.05, 4.69) is 18.7 Å². The highest BCUT2D eigenvalue weighted by molar-refractivity contribution is 5.54. The summed E-state index contributed by atoms with van der Waals surface area (Å²) < 4.78 is 0. The Balaban J connectivity index is 2.60. The van der Waals surface area contributed by atoms with E-state index in [1.165, 1.54) is 44.6 Å². The number of rotatable bonds is 11. The SMILES string of the molecule is CCCCCCN(CCCCCC)c1cc(O)cc(O)c1. The maximum absolute atomic E-state index is 9.68. The lowest BCUT2D eigenvalue weighted by Crippen LogP contribution is -2.25. The molecular formula is C18H31NO2. The van der Waals surface area contributed by atoms with Crippen molar-refractivity contribution in [3.05, 3.63) is 18.2 Å². The van der Waals surface area contributed by atoms with E-state index in [0.29, 0.717) is 0 Å². The summed E-state index contributed by atoms with van der Waals surface area (Å²) in [6.45, 7) is 6.43. The van der Waals surface area contributed by atoms with Crippen LogP contribution in [0.4, 0.5) is 5.69 Å². The first-order chi connectivity index (χ1) is 10.2. The van der Waals surface area contributed by atoms with E-state index in [1.54, 1.807) is 12.1 Å². The van der Waals surface area contributed by atoms with Crippen LogP contribution in [0.1, 0.15) is 65.2 Å². The Morgan fingerprint density at radius 2 is 1.19 bits per heavy atom. The molecule has 120 valence electrons. The summed E-state index contributed by atoms with van der Waals surface area (Å²) in [6, 6.07) is 4.88. The maximum atomic E-state index is 9.68. The molecule has 21 heavy (non-hydrogen) atoms. The average molecular weight is 293 g/mol. The second kappa shape index (κ2) is 10.4. The lowest BCUT2D eigenvalue weighted by atomic mass is 10.1. The molecule has 2 N–H and O–H groups in total. The van der Waals surface area contributed by atoms with Crippen LogP contribution in [-0.2, 0) is 0 Å². The van der Waals surface area contributed by atoms with Gasteiger partial charge in [-0.1, -0.05) is 52.4 Å². The highest BCUT2D eigenvalue weighted by atomic mass is 16.3. The van der Waals surface area contributed by atoms with Crippen LogP contribution in [0, 0.1) is 0 Å². The number of hydrogen-bond donors (Lipinski definition) is 2. The standard InChI is InChI=1S/C18H31NO2/c1-3-5-7-9-11-19(12-10-8-6-4-2)16-13-17(20)15-18(21)14-16/h13-15,20-21H,3-12H2,1-2H3. The van der Waals surface area contributed by atoms with Crippen LogP contribution >= 0.6 is 0 Å². The Morgan fingerprint density at radius 1 is 0.714 bits per heavy atom. The highest BCUT2D eigenvalue weighted by Crippen LogP contribution is 2.27. The van der Waals surface area contributed by atoms with Crippen molar-refractivity contribution in [3.63, 3.8) is 0 Å². The van der Waals surface area contributed by atoms with Gasteiger partial charge in [0.05, 0.1) is 0 Å². The van der Waals surface area contributed by atoms with Gasteiger partial charge in [-0.05, 0) is 12.8 Å². The molecule has 0 bridgehead atoms. The number of aromatic hydroxyl groups is 2. The van der Waals surface area contributed by atoms with Crippen LogP contribution in [0.3, 0.4) is 0 Å². The third-order valence-electron chi connectivity index (χ3n) is 3.82. The number of phenolic OH excluding ortho intramolecular Hbond substituents is 2. The van der Waals surface area contributed by atoms with Gasteiger partial charge in [0.15, 0.2) is 0 Å². The Kier molecular flexibility index (Phi) is 8.72. The van der Waals surface area contributed by atoms with Gasteiger partial charge in [-0.2, -0.15) is 0 Å². The predicted octanol–water partition coefficient (Wildman–Crippen LogP) is 5.06. The smallest absolute Gasteiger partial charge is 0.121 e. The van der Waals surface area contributed by atoms with Gasteiger partial charge >= 0.3 is 0 Å². The number of hydrogen-bond acceptors (Lipinski definition) is 3. The highest BCUT2D eigenvalue weighted by Gasteiger charge is 2.08. The first-order valence-electron chi connectivity index (χ1n) is 8.45. The molecule has 0 fully saturated rings. The fourth-order valence-corrected chi connectivity index (χ4v) is 2.59. The van der Waals surface area contributed by atoms with Crippen LogP contribution in [-0.4, -0.2) is 23.3 Å². The lowest BCUT2D eigenvalue weighted by molar-refractivity contribution is 0.450. The predicted molar refractivity (Wildman–Crippen MR) is 90.3 cm³/mol. The molecule has 3 heteroatoms. The van der Waals surface area contributed by atoms with Crippen molar-refractivity contribution in [2.75, 3.05) is 18.0 Å². The molecule has 0 spiro atoms. The molecule has 0 saturated heterocycles. The summed E-state index contributed by atoms with van der Waals surface area (Å²) in [5.74, 6) is 0.272. The van der Waals surface area contributed by atoms with E-state index in [4.69, 9.17) is 0 Å². The van der Waals surface area contributed by atoms with E-state index in [0.717, 1.165) is 31.6 Å². The first kappa shape index (κ1) is 17.7. The van der Waals surface area contributed by atoms with Crippen molar-refractivity contribution < 1.29 is 10.2 Å². The summed E-state index contributed by atoms with van der Waals surface area (Å²) in [6.07, 6.45) is 9.84. The van der Waals surface area contributed by atoms with Crippen LogP contribution in [0.5, 0.6) is 11.5 Å². The summed E-state index contributed by atoms with van der Waals surface area (Å²) in [4.78, 5) is 2.30. The molecule has 0 saturated carbocycles. The van der Waals surface area contributed by atoms with Gasteiger partial charge in [-0.15, -0.1) is 0 Å². The summed E-state index contributed by atoms with van der Waals surface area (Å²) in [7, 11) is 0. The van der Waals surface area contributed by atoms with Gasteiger partial charge in [0.1, 0.15) is 11.5 Å². The topological polar surface area (TPSA) is 43.7 Å². The second-order valence-electron chi connectivity index (χ2n) is 5.82. The Morgan fingerprint density at radius 3 is 1.62 bits per heavy atom. The Bertz CT molecular complexity index is 361. The molecule has 1 aromatic carbocycles. The lowest BCUT2D eigenvalue weighted by Gasteiger charge is -2.25. The monoisotopic (exact) mass is 293 g/mol. The van der Waals surface area contributed by atoms with Gasteiger partial charge in [0.25, 0.3) is 0 Å². The van der Waals surface area contributed by atoms with E-state index in [-0.39, 0.29) is 11.5 Å². The fraction of sp³-hybridized carbons (Fsp3) is 0.667. The van der Waals surface area contributed by atoms with Crippen molar-refractivity contribution in [2.45, 2.75) is 65.2 Å². The Labute approximate surface area is 129 Å². The van der Waals surface area contributed by atoms with Crippen molar-refractivity contribution in [2.24, 2.45) is 0 Å². The van der Waals surface area contributed by atoms with E-state index >= 15 is 0 Å². The molecule has 0 aliphatic carbocycles. The van der Waals surface area contributed by atoms with Crippen LogP contribution in [0.15, 0.2) is 18.2 Å². The molecule has 0 unspecified atom stereocenters. The molecule has 0 aliphatic heterocycles. The van der Waals surface area contributed by atoms with Gasteiger partial charge < -0.3 is 15.1 Å². The number of phenols is 2. The van der Waals surface area contributed by atoms with E-state index in [9.17, 15) is 10.2 Å². The number of unbranched alkanes of at least 4 members (excludes halogenated alkanes) is 6. The van der Waals surface area contributed by atoms with Gasteiger partial charge in [-0.3, -0.25) is 0 Å². The molecule has 0 heterocycles.